The second-order valence-electron chi connectivity index (χ2n) is 6.51. The van der Waals surface area contributed by atoms with Gasteiger partial charge in [0.15, 0.2) is 6.61 Å². The van der Waals surface area contributed by atoms with Gasteiger partial charge in [-0.1, -0.05) is 26.0 Å². The number of hydrogen-bond acceptors (Lipinski definition) is 7. The van der Waals surface area contributed by atoms with Crippen LogP contribution in [0.25, 0.3) is 10.2 Å². The van der Waals surface area contributed by atoms with Crippen molar-refractivity contribution in [1.82, 2.24) is 10.3 Å². The monoisotopic (exact) mass is 392 g/mol. The highest BCUT2D eigenvalue weighted by atomic mass is 32.1. The summed E-state index contributed by atoms with van der Waals surface area (Å²) in [5.41, 5.74) is 0.907. The average molecular weight is 392 g/mol. The van der Waals surface area contributed by atoms with Crippen molar-refractivity contribution in [2.24, 2.45) is 5.92 Å². The number of aryl methyl sites for hydroxylation is 1. The highest BCUT2D eigenvalue weighted by Gasteiger charge is 2.23. The topological polar surface area (TPSA) is 94.6 Å². The van der Waals surface area contributed by atoms with E-state index in [0.29, 0.717) is 12.8 Å². The minimum Gasteiger partial charge on any atom is -0.467 e. The van der Waals surface area contributed by atoms with Crippen LogP contribution in [0.4, 0.5) is 0 Å². The summed E-state index contributed by atoms with van der Waals surface area (Å²) in [5, 5.41) is 3.39. The van der Waals surface area contributed by atoms with Gasteiger partial charge in [-0.2, -0.15) is 0 Å². The molecule has 146 valence electrons. The lowest BCUT2D eigenvalue weighted by Gasteiger charge is -2.18. The maximum absolute atomic E-state index is 11.9. The zero-order chi connectivity index (χ0) is 19.8. The first-order valence-corrected chi connectivity index (χ1v) is 9.58. The number of aromatic nitrogens is 1. The van der Waals surface area contributed by atoms with E-state index in [2.05, 4.69) is 15.0 Å². The lowest BCUT2D eigenvalue weighted by atomic mass is 10.0. The van der Waals surface area contributed by atoms with Crippen molar-refractivity contribution >= 4 is 39.4 Å². The molecule has 0 spiro atoms. The highest BCUT2D eigenvalue weighted by molar-refractivity contribution is 7.18. The third kappa shape index (κ3) is 6.63. The third-order valence-corrected chi connectivity index (χ3v) is 4.87. The number of nitrogens with zero attached hydrogens (tertiary/aromatic N) is 1. The van der Waals surface area contributed by atoms with Crippen molar-refractivity contribution in [3.8, 4) is 0 Å². The zero-order valence-corrected chi connectivity index (χ0v) is 16.5. The Morgan fingerprint density at radius 1 is 1.22 bits per heavy atom. The van der Waals surface area contributed by atoms with Crippen molar-refractivity contribution in [2.75, 3.05) is 13.7 Å². The van der Waals surface area contributed by atoms with Crippen LogP contribution in [0.15, 0.2) is 24.3 Å². The first kappa shape index (κ1) is 20.8. The highest BCUT2D eigenvalue weighted by Crippen LogP contribution is 2.22. The van der Waals surface area contributed by atoms with Crippen LogP contribution in [0.1, 0.15) is 31.7 Å². The predicted octanol–water partition coefficient (Wildman–Crippen LogP) is 2.48. The largest absolute Gasteiger partial charge is 0.467 e. The number of esters is 2. The molecule has 7 nitrogen and oxygen atoms in total. The molecule has 1 atom stereocenters. The molecule has 8 heteroatoms. The number of rotatable bonds is 9. The molecular weight excluding hydrogens is 368 g/mol. The molecule has 0 radical (unpaired) electrons. The van der Waals surface area contributed by atoms with E-state index in [1.165, 1.54) is 18.4 Å². The van der Waals surface area contributed by atoms with Crippen LogP contribution in [0, 0.1) is 5.92 Å². The minimum atomic E-state index is -0.746. The van der Waals surface area contributed by atoms with Crippen molar-refractivity contribution < 1.29 is 23.9 Å². The summed E-state index contributed by atoms with van der Waals surface area (Å²) >= 11 is 1.53. The molecule has 2 rings (SSSR count). The van der Waals surface area contributed by atoms with Crippen LogP contribution in [0.5, 0.6) is 0 Å². The number of carbonyl (C=O) groups is 3. The van der Waals surface area contributed by atoms with Gasteiger partial charge in [-0.3, -0.25) is 9.59 Å². The Bertz CT molecular complexity index is 769. The van der Waals surface area contributed by atoms with Gasteiger partial charge >= 0.3 is 11.9 Å². The van der Waals surface area contributed by atoms with Gasteiger partial charge in [-0.05, 0) is 24.5 Å². The van der Waals surface area contributed by atoms with E-state index < -0.39 is 30.5 Å². The molecule has 0 aliphatic rings. The van der Waals surface area contributed by atoms with Gasteiger partial charge in [0.1, 0.15) is 6.04 Å². The van der Waals surface area contributed by atoms with Crippen molar-refractivity contribution in [3.05, 3.63) is 29.3 Å². The number of hydrogen-bond donors (Lipinski definition) is 1. The minimum absolute atomic E-state index is 0.138. The van der Waals surface area contributed by atoms with Crippen LogP contribution < -0.4 is 5.32 Å². The van der Waals surface area contributed by atoms with Gasteiger partial charge in [0.25, 0.3) is 5.91 Å². The van der Waals surface area contributed by atoms with Crippen molar-refractivity contribution in [2.45, 2.75) is 39.2 Å². The fourth-order valence-corrected chi connectivity index (χ4v) is 3.48. The molecule has 1 N–H and O–H groups in total. The van der Waals surface area contributed by atoms with E-state index in [4.69, 9.17) is 4.74 Å². The molecule has 1 aromatic carbocycles. The van der Waals surface area contributed by atoms with E-state index in [1.807, 2.05) is 38.1 Å². The number of thiazole rings is 1. The molecule has 0 bridgehead atoms. The SMILES string of the molecule is COC(=O)[C@H](CC(C)C)NC(=O)COC(=O)CCc1nc2ccccc2s1. The Balaban J connectivity index is 1.76. The number of fused-ring (bicyclic) bond motifs is 1. The van der Waals surface area contributed by atoms with Crippen molar-refractivity contribution in [3.63, 3.8) is 0 Å². The van der Waals surface area contributed by atoms with Gasteiger partial charge in [0.2, 0.25) is 0 Å². The van der Waals surface area contributed by atoms with Crippen LogP contribution in [-0.2, 0) is 30.3 Å². The Kier molecular flexibility index (Phi) is 7.72. The molecule has 0 saturated heterocycles. The first-order valence-electron chi connectivity index (χ1n) is 8.76. The van der Waals surface area contributed by atoms with E-state index >= 15 is 0 Å². The van der Waals surface area contributed by atoms with Crippen LogP contribution in [0.3, 0.4) is 0 Å². The maximum atomic E-state index is 11.9. The Morgan fingerprint density at radius 3 is 2.63 bits per heavy atom. The standard InChI is InChI=1S/C19H24N2O5S/c1-12(2)10-14(19(24)25-3)20-16(22)11-26-18(23)9-8-17-21-13-6-4-5-7-15(13)27-17/h4-7,12,14H,8-11H2,1-3H3,(H,20,22)/t14-/m0/s1. The summed E-state index contributed by atoms with van der Waals surface area (Å²) in [6.07, 6.45) is 1.04. The number of benzene rings is 1. The molecule has 1 aromatic heterocycles. The molecule has 0 aliphatic heterocycles. The summed E-state index contributed by atoms with van der Waals surface area (Å²) in [5.74, 6) is -1.33. The van der Waals surface area contributed by atoms with Gasteiger partial charge in [0, 0.05) is 6.42 Å². The normalized spacial score (nSPS) is 12.0. The van der Waals surface area contributed by atoms with Gasteiger partial charge in [-0.25, -0.2) is 9.78 Å². The number of methoxy groups -OCH3 is 1. The molecular formula is C19H24N2O5S. The summed E-state index contributed by atoms with van der Waals surface area (Å²) in [7, 11) is 1.27. The van der Waals surface area contributed by atoms with Gasteiger partial charge in [0.05, 0.1) is 28.8 Å². The van der Waals surface area contributed by atoms with Crippen LogP contribution in [-0.4, -0.2) is 42.6 Å². The number of amides is 1. The number of nitrogens with one attached hydrogen (secondary N) is 1. The maximum Gasteiger partial charge on any atom is 0.328 e. The van der Waals surface area contributed by atoms with E-state index in [9.17, 15) is 14.4 Å². The summed E-state index contributed by atoms with van der Waals surface area (Å²) in [6, 6.07) is 7.02. The second kappa shape index (κ2) is 10.0. The summed E-state index contributed by atoms with van der Waals surface area (Å²) < 4.78 is 10.7. The van der Waals surface area contributed by atoms with Crippen molar-refractivity contribution in [1.29, 1.82) is 0 Å². The smallest absolute Gasteiger partial charge is 0.328 e. The molecule has 27 heavy (non-hydrogen) atoms. The Hall–Kier alpha value is -2.48. The molecule has 2 aromatic rings. The molecule has 1 amide bonds. The van der Waals surface area contributed by atoms with Crippen LogP contribution >= 0.6 is 11.3 Å². The lowest BCUT2D eigenvalue weighted by Crippen LogP contribution is -2.44. The molecule has 0 aliphatic carbocycles. The number of ether oxygens (including phenoxy) is 2. The molecule has 1 heterocycles. The first-order chi connectivity index (χ1) is 12.9. The molecule has 0 saturated carbocycles. The second-order valence-corrected chi connectivity index (χ2v) is 7.62. The Labute approximate surface area is 162 Å². The average Bonchev–Trinajstić information content (AvgIpc) is 3.06. The van der Waals surface area contributed by atoms with E-state index in [-0.39, 0.29) is 12.3 Å². The summed E-state index contributed by atoms with van der Waals surface area (Å²) in [4.78, 5) is 40.0. The van der Waals surface area contributed by atoms with Gasteiger partial charge < -0.3 is 14.8 Å². The predicted molar refractivity (Wildman–Crippen MR) is 102 cm³/mol. The quantitative estimate of drug-likeness (QED) is 0.659. The van der Waals surface area contributed by atoms with E-state index in [0.717, 1.165) is 15.2 Å². The molecule has 0 fully saturated rings. The van der Waals surface area contributed by atoms with Gasteiger partial charge in [-0.15, -0.1) is 11.3 Å². The lowest BCUT2D eigenvalue weighted by molar-refractivity contribution is -0.150. The summed E-state index contributed by atoms with van der Waals surface area (Å²) in [6.45, 7) is 3.44. The number of para-hydroxylation sites is 1. The Morgan fingerprint density at radius 2 is 1.96 bits per heavy atom. The number of carbonyl (C=O) groups excluding carboxylic acids is 3. The fourth-order valence-electron chi connectivity index (χ4n) is 2.52. The molecule has 0 unspecified atom stereocenters. The van der Waals surface area contributed by atoms with Crippen LogP contribution in [0.2, 0.25) is 0 Å². The third-order valence-electron chi connectivity index (χ3n) is 3.77. The fraction of sp³-hybridized carbons (Fsp3) is 0.474. The van der Waals surface area contributed by atoms with E-state index in [1.54, 1.807) is 0 Å². The zero-order valence-electron chi connectivity index (χ0n) is 15.7.